The van der Waals surface area contributed by atoms with E-state index in [2.05, 4.69) is 16.4 Å². The van der Waals surface area contributed by atoms with Gasteiger partial charge in [0.1, 0.15) is 5.69 Å². The fourth-order valence-corrected chi connectivity index (χ4v) is 4.26. The van der Waals surface area contributed by atoms with Crippen molar-refractivity contribution in [1.29, 1.82) is 0 Å². The average Bonchev–Trinajstić information content (AvgIpc) is 3.30. The van der Waals surface area contributed by atoms with E-state index in [9.17, 15) is 4.79 Å². The van der Waals surface area contributed by atoms with Gasteiger partial charge in [-0.3, -0.25) is 14.5 Å². The molecule has 3 aliphatic rings. The number of nitrogens with one attached hydrogen (secondary N) is 1. The van der Waals surface area contributed by atoms with Crippen molar-refractivity contribution in [1.82, 2.24) is 20.1 Å². The molecular weight excluding hydrogens is 356 g/mol. The molecule has 0 unspecified atom stereocenters. The number of rotatable bonds is 1. The lowest BCUT2D eigenvalue weighted by atomic mass is 9.89. The molecule has 0 radical (unpaired) electrons. The van der Waals surface area contributed by atoms with Crippen LogP contribution in [0, 0.1) is 0 Å². The highest BCUT2D eigenvalue weighted by molar-refractivity contribution is 5.96. The van der Waals surface area contributed by atoms with Gasteiger partial charge in [-0.1, -0.05) is 0 Å². The van der Waals surface area contributed by atoms with Crippen LogP contribution in [0.1, 0.15) is 28.0 Å². The van der Waals surface area contributed by atoms with Gasteiger partial charge in [-0.25, -0.2) is 0 Å². The molecule has 1 aliphatic carbocycles. The average molecular weight is 374 g/mol. The maximum atomic E-state index is 12.5. The van der Waals surface area contributed by atoms with E-state index in [1.807, 2.05) is 29.1 Å². The lowest BCUT2D eigenvalue weighted by Crippen LogP contribution is -2.24. The molecule has 1 aromatic carbocycles. The zero-order valence-electron chi connectivity index (χ0n) is 15.2. The summed E-state index contributed by atoms with van der Waals surface area (Å²) in [5, 5.41) is 7.80. The Morgan fingerprint density at radius 3 is 3.00 bits per heavy atom. The summed E-state index contributed by atoms with van der Waals surface area (Å²) >= 11 is 0. The molecule has 2 aliphatic heterocycles. The summed E-state index contributed by atoms with van der Waals surface area (Å²) in [7, 11) is 0. The Morgan fingerprint density at radius 2 is 2.04 bits per heavy atom. The quantitative estimate of drug-likeness (QED) is 0.708. The highest BCUT2D eigenvalue weighted by Gasteiger charge is 2.29. The minimum absolute atomic E-state index is 0.0141. The van der Waals surface area contributed by atoms with E-state index in [4.69, 9.17) is 14.6 Å². The Kier molecular flexibility index (Phi) is 3.26. The monoisotopic (exact) mass is 374 g/mol. The van der Waals surface area contributed by atoms with E-state index in [0.717, 1.165) is 71.1 Å². The van der Waals surface area contributed by atoms with Gasteiger partial charge in [0.05, 0.1) is 11.4 Å². The third-order valence-corrected chi connectivity index (χ3v) is 5.65. The maximum absolute atomic E-state index is 12.5. The standard InChI is InChI=1S/C21H18N4O3/c26-21-20-14-4-2-13-10-23-16(12-3-5-17-18(8-12)28-11-27-17)9-15(13)19(14)24-25(20)7-1-6-22-21/h3,5,8-10H,1-2,4,6-7,11H2,(H,22,26). The molecule has 7 nitrogen and oxygen atoms in total. The van der Waals surface area contributed by atoms with E-state index < -0.39 is 0 Å². The smallest absolute Gasteiger partial charge is 0.269 e. The molecule has 3 aromatic rings. The Balaban J connectivity index is 1.48. The molecule has 1 N–H and O–H groups in total. The number of aromatic nitrogens is 3. The first-order valence-corrected chi connectivity index (χ1v) is 9.55. The molecule has 28 heavy (non-hydrogen) atoms. The second kappa shape index (κ2) is 5.82. The molecule has 0 bridgehead atoms. The van der Waals surface area contributed by atoms with Crippen molar-refractivity contribution in [3.63, 3.8) is 0 Å². The summed E-state index contributed by atoms with van der Waals surface area (Å²) in [4.78, 5) is 17.2. The summed E-state index contributed by atoms with van der Waals surface area (Å²) < 4.78 is 12.8. The summed E-state index contributed by atoms with van der Waals surface area (Å²) in [5.41, 5.74) is 6.75. The minimum Gasteiger partial charge on any atom is -0.454 e. The molecule has 0 saturated heterocycles. The van der Waals surface area contributed by atoms with E-state index in [-0.39, 0.29) is 12.7 Å². The van der Waals surface area contributed by atoms with Crippen molar-refractivity contribution in [2.24, 2.45) is 0 Å². The van der Waals surface area contributed by atoms with E-state index in [1.165, 1.54) is 5.56 Å². The van der Waals surface area contributed by atoms with E-state index >= 15 is 0 Å². The maximum Gasteiger partial charge on any atom is 0.269 e. The Labute approximate surface area is 161 Å². The number of carbonyl (C=O) groups excluding carboxylic acids is 1. The van der Waals surface area contributed by atoms with Crippen molar-refractivity contribution >= 4 is 5.91 Å². The van der Waals surface area contributed by atoms with Crippen molar-refractivity contribution in [2.75, 3.05) is 13.3 Å². The van der Waals surface area contributed by atoms with Crippen LogP contribution in [0.2, 0.25) is 0 Å². The van der Waals surface area contributed by atoms with Crippen molar-refractivity contribution < 1.29 is 14.3 Å². The number of ether oxygens (including phenoxy) is 2. The van der Waals surface area contributed by atoms with Crippen molar-refractivity contribution in [3.8, 4) is 34.0 Å². The van der Waals surface area contributed by atoms with Gasteiger partial charge < -0.3 is 14.8 Å². The fraction of sp³-hybridized carbons (Fsp3) is 0.286. The number of aryl methyl sites for hydroxylation is 2. The highest BCUT2D eigenvalue weighted by Crippen LogP contribution is 2.39. The van der Waals surface area contributed by atoms with Crippen molar-refractivity contribution in [2.45, 2.75) is 25.8 Å². The molecule has 7 heteroatoms. The number of pyridine rings is 1. The molecular formula is C21H18N4O3. The zero-order chi connectivity index (χ0) is 18.7. The number of hydrogen-bond acceptors (Lipinski definition) is 5. The molecule has 4 heterocycles. The number of benzene rings is 1. The first-order chi connectivity index (χ1) is 13.8. The van der Waals surface area contributed by atoms with Crippen LogP contribution >= 0.6 is 0 Å². The summed E-state index contributed by atoms with van der Waals surface area (Å²) in [6.45, 7) is 1.71. The summed E-state index contributed by atoms with van der Waals surface area (Å²) in [6, 6.07) is 7.93. The molecule has 6 rings (SSSR count). The van der Waals surface area contributed by atoms with Crippen LogP contribution in [0.5, 0.6) is 11.5 Å². The van der Waals surface area contributed by atoms with Gasteiger partial charge in [0.2, 0.25) is 6.79 Å². The lowest BCUT2D eigenvalue weighted by Gasteiger charge is -2.16. The second-order valence-electron chi connectivity index (χ2n) is 7.30. The van der Waals surface area contributed by atoms with Gasteiger partial charge in [0, 0.05) is 36.0 Å². The van der Waals surface area contributed by atoms with Crippen LogP contribution in [0.3, 0.4) is 0 Å². The van der Waals surface area contributed by atoms with Crippen molar-refractivity contribution in [3.05, 3.63) is 47.3 Å². The van der Waals surface area contributed by atoms with Gasteiger partial charge in [-0.15, -0.1) is 0 Å². The number of fused-ring (bicyclic) bond motifs is 6. The topological polar surface area (TPSA) is 78.3 Å². The predicted molar refractivity (Wildman–Crippen MR) is 101 cm³/mol. The predicted octanol–water partition coefficient (Wildman–Crippen LogP) is 2.57. The van der Waals surface area contributed by atoms with Gasteiger partial charge in [0.25, 0.3) is 5.91 Å². The largest absolute Gasteiger partial charge is 0.454 e. The molecule has 0 saturated carbocycles. The lowest BCUT2D eigenvalue weighted by molar-refractivity contribution is 0.0949. The first kappa shape index (κ1) is 15.7. The highest BCUT2D eigenvalue weighted by atomic mass is 16.7. The van der Waals surface area contributed by atoms with E-state index in [1.54, 1.807) is 0 Å². The minimum atomic E-state index is -0.0141. The molecule has 140 valence electrons. The first-order valence-electron chi connectivity index (χ1n) is 9.55. The number of amides is 1. The zero-order valence-corrected chi connectivity index (χ0v) is 15.2. The third-order valence-electron chi connectivity index (χ3n) is 5.65. The van der Waals surface area contributed by atoms with Gasteiger partial charge in [0.15, 0.2) is 11.5 Å². The second-order valence-corrected chi connectivity index (χ2v) is 7.30. The molecule has 0 atom stereocenters. The van der Waals surface area contributed by atoms with Crippen LogP contribution < -0.4 is 14.8 Å². The number of carbonyl (C=O) groups is 1. The van der Waals surface area contributed by atoms with Crippen LogP contribution in [-0.4, -0.2) is 34.0 Å². The summed E-state index contributed by atoms with van der Waals surface area (Å²) in [6.07, 6.45) is 4.51. The van der Waals surface area contributed by atoms with Gasteiger partial charge >= 0.3 is 0 Å². The van der Waals surface area contributed by atoms with Crippen LogP contribution in [0.15, 0.2) is 30.5 Å². The van der Waals surface area contributed by atoms with Crippen LogP contribution in [0.25, 0.3) is 22.5 Å². The molecule has 0 spiro atoms. The molecule has 0 fully saturated rings. The molecule has 2 aromatic heterocycles. The number of nitrogens with zero attached hydrogens (tertiary/aromatic N) is 3. The Bertz CT molecular complexity index is 1130. The van der Waals surface area contributed by atoms with Gasteiger partial charge in [-0.2, -0.15) is 5.10 Å². The Morgan fingerprint density at radius 1 is 1.11 bits per heavy atom. The fourth-order valence-electron chi connectivity index (χ4n) is 4.26. The summed E-state index contributed by atoms with van der Waals surface area (Å²) in [5.74, 6) is 1.48. The molecule has 1 amide bonds. The number of hydrogen-bond donors (Lipinski definition) is 1. The Hall–Kier alpha value is -3.35. The van der Waals surface area contributed by atoms with E-state index in [0.29, 0.717) is 6.54 Å². The normalized spacial score (nSPS) is 16.6. The van der Waals surface area contributed by atoms with Gasteiger partial charge in [-0.05, 0) is 49.1 Å². The van der Waals surface area contributed by atoms with Crippen LogP contribution in [0.4, 0.5) is 0 Å². The SMILES string of the molecule is O=C1NCCCn2nc3c(c21)CCc1cnc(-c2ccc4c(c2)OCO4)cc1-3. The van der Waals surface area contributed by atoms with Crippen LogP contribution in [-0.2, 0) is 19.4 Å². The third kappa shape index (κ3) is 2.25.